The van der Waals surface area contributed by atoms with E-state index in [4.69, 9.17) is 55.8 Å². The van der Waals surface area contributed by atoms with Gasteiger partial charge in [-0.2, -0.15) is 4.99 Å². The maximum atomic E-state index is 6.00. The number of nitrogens with two attached hydrogens (primary N) is 2. The third kappa shape index (κ3) is 8.78. The lowest BCUT2D eigenvalue weighted by Gasteiger charge is -2.10. The number of hydrogen-bond acceptors (Lipinski definition) is 3. The van der Waals surface area contributed by atoms with Crippen LogP contribution in [0.1, 0.15) is 13.3 Å². The molecular weight excluding hydrogens is 391 g/mol. The summed E-state index contributed by atoms with van der Waals surface area (Å²) in [6.07, 6.45) is 1.86. The Hall–Kier alpha value is -1.74. The number of nitrogens with one attached hydrogen (secondary N) is 1. The zero-order valence-electron chi connectivity index (χ0n) is 13.5. The van der Waals surface area contributed by atoms with E-state index in [0.717, 1.165) is 0 Å². The first-order chi connectivity index (χ1) is 11.9. The van der Waals surface area contributed by atoms with E-state index in [1.165, 1.54) is 12.4 Å². The summed E-state index contributed by atoms with van der Waals surface area (Å²) in [5, 5.41) is 1.11. The molecule has 0 bridgehead atoms. The van der Waals surface area contributed by atoms with Crippen LogP contribution >= 0.6 is 34.8 Å². The minimum Gasteiger partial charge on any atom is -0.492 e. The van der Waals surface area contributed by atoms with E-state index in [0.29, 0.717) is 47.0 Å². The average molecular weight is 410 g/mol. The molecule has 0 fully saturated rings. The quantitative estimate of drug-likeness (QED) is 0.200. The molecule has 25 heavy (non-hydrogen) atoms. The lowest BCUT2D eigenvalue weighted by molar-refractivity contribution is 0.0739. The fourth-order valence-corrected chi connectivity index (χ4v) is 2.00. The molecule has 0 aromatic heterocycles. The molecule has 0 aliphatic heterocycles. The van der Waals surface area contributed by atoms with Crippen LogP contribution in [0, 0.1) is 0 Å². The lowest BCUT2D eigenvalue weighted by Crippen LogP contribution is -2.34. The number of nitrogens with zero attached hydrogens (tertiary/aromatic N) is 3. The molecule has 0 unspecified atom stereocenters. The number of rotatable bonds is 8. The van der Waals surface area contributed by atoms with Crippen molar-refractivity contribution in [2.45, 2.75) is 13.3 Å². The van der Waals surface area contributed by atoms with Crippen molar-refractivity contribution in [3.8, 4) is 5.75 Å². The SMILES string of the molecule is CCN=CN=C(N)/N=C(\N)NOCCCOc1cc(Cl)c(Cl)cc1Cl. The van der Waals surface area contributed by atoms with Gasteiger partial charge in [0.15, 0.2) is 0 Å². The Morgan fingerprint density at radius 1 is 1.16 bits per heavy atom. The van der Waals surface area contributed by atoms with Crippen molar-refractivity contribution < 1.29 is 9.57 Å². The molecule has 138 valence electrons. The number of hydrogen-bond donors (Lipinski definition) is 3. The summed E-state index contributed by atoms with van der Waals surface area (Å²) < 4.78 is 5.50. The summed E-state index contributed by atoms with van der Waals surface area (Å²) >= 11 is 17.7. The third-order valence-corrected chi connectivity index (χ3v) is 3.51. The van der Waals surface area contributed by atoms with Gasteiger partial charge in [-0.15, -0.1) is 0 Å². The van der Waals surface area contributed by atoms with Crippen LogP contribution in [0.3, 0.4) is 0 Å². The van der Waals surface area contributed by atoms with Crippen LogP contribution < -0.4 is 21.7 Å². The Bertz CT molecular complexity index is 652. The van der Waals surface area contributed by atoms with Gasteiger partial charge in [0, 0.05) is 19.0 Å². The topological polar surface area (TPSA) is 120 Å². The highest BCUT2D eigenvalue weighted by Gasteiger charge is 2.06. The molecule has 0 atom stereocenters. The molecule has 0 aliphatic rings. The third-order valence-electron chi connectivity index (χ3n) is 2.49. The molecule has 0 radical (unpaired) electrons. The normalized spacial score (nSPS) is 12.6. The van der Waals surface area contributed by atoms with E-state index in [-0.39, 0.29) is 11.9 Å². The number of benzene rings is 1. The predicted octanol–water partition coefficient (Wildman–Crippen LogP) is 2.61. The molecule has 0 saturated heterocycles. The Labute approximate surface area is 160 Å². The molecule has 11 heteroatoms. The molecule has 0 saturated carbocycles. The van der Waals surface area contributed by atoms with E-state index < -0.39 is 0 Å². The van der Waals surface area contributed by atoms with E-state index in [2.05, 4.69) is 20.5 Å². The summed E-state index contributed by atoms with van der Waals surface area (Å²) in [5.74, 6) is 0.380. The van der Waals surface area contributed by atoms with Crippen LogP contribution in [0.5, 0.6) is 5.75 Å². The van der Waals surface area contributed by atoms with Gasteiger partial charge in [0.05, 0.1) is 28.3 Å². The maximum Gasteiger partial charge on any atom is 0.224 e. The summed E-state index contributed by atoms with van der Waals surface area (Å²) in [5.41, 5.74) is 13.5. The predicted molar refractivity (Wildman–Crippen MR) is 103 cm³/mol. The van der Waals surface area contributed by atoms with Crippen molar-refractivity contribution in [1.29, 1.82) is 0 Å². The van der Waals surface area contributed by atoms with Gasteiger partial charge in [-0.3, -0.25) is 9.83 Å². The van der Waals surface area contributed by atoms with E-state index in [1.54, 1.807) is 6.07 Å². The van der Waals surface area contributed by atoms with Crippen LogP contribution in [-0.2, 0) is 4.84 Å². The maximum absolute atomic E-state index is 6.00. The van der Waals surface area contributed by atoms with Crippen molar-refractivity contribution in [3.05, 3.63) is 27.2 Å². The zero-order valence-corrected chi connectivity index (χ0v) is 15.8. The highest BCUT2D eigenvalue weighted by Crippen LogP contribution is 2.33. The van der Waals surface area contributed by atoms with Gasteiger partial charge in [-0.1, -0.05) is 34.8 Å². The van der Waals surface area contributed by atoms with Gasteiger partial charge in [0.25, 0.3) is 0 Å². The molecule has 5 N–H and O–H groups in total. The van der Waals surface area contributed by atoms with Gasteiger partial charge < -0.3 is 16.2 Å². The van der Waals surface area contributed by atoms with Crippen LogP contribution in [0.2, 0.25) is 15.1 Å². The van der Waals surface area contributed by atoms with Crippen molar-refractivity contribution in [2.24, 2.45) is 26.4 Å². The second kappa shape index (κ2) is 11.8. The standard InChI is InChI=1S/C14H19Cl3N6O2/c1-2-20-8-21-13(18)22-14(19)23-25-5-3-4-24-12-7-10(16)9(15)6-11(12)17/h6-8H,2-5H2,1H3,(H5,18,19,20,21,22,23). The largest absolute Gasteiger partial charge is 0.492 e. The zero-order chi connectivity index (χ0) is 18.7. The van der Waals surface area contributed by atoms with Crippen LogP contribution in [0.4, 0.5) is 0 Å². The number of ether oxygens (including phenoxy) is 1. The molecule has 1 aromatic rings. The first kappa shape index (κ1) is 21.3. The minimum atomic E-state index is -0.0385. The monoisotopic (exact) mass is 408 g/mol. The van der Waals surface area contributed by atoms with Gasteiger partial charge in [-0.25, -0.2) is 10.5 Å². The fraction of sp³-hybridized carbons (Fsp3) is 0.357. The number of aliphatic imine (C=N–C) groups is 3. The number of guanidine groups is 2. The lowest BCUT2D eigenvalue weighted by atomic mass is 10.3. The van der Waals surface area contributed by atoms with Crippen molar-refractivity contribution in [2.75, 3.05) is 19.8 Å². The van der Waals surface area contributed by atoms with Gasteiger partial charge in [0.2, 0.25) is 11.9 Å². The van der Waals surface area contributed by atoms with Crippen molar-refractivity contribution in [1.82, 2.24) is 5.48 Å². The molecule has 0 amide bonds. The minimum absolute atomic E-state index is 0.0282. The van der Waals surface area contributed by atoms with Crippen LogP contribution in [0.25, 0.3) is 0 Å². The molecule has 0 aliphatic carbocycles. The Morgan fingerprint density at radius 3 is 2.60 bits per heavy atom. The van der Waals surface area contributed by atoms with Gasteiger partial charge >= 0.3 is 0 Å². The van der Waals surface area contributed by atoms with E-state index in [1.807, 2.05) is 6.92 Å². The summed E-state index contributed by atoms with van der Waals surface area (Å²) in [6, 6.07) is 3.08. The number of halogens is 3. The van der Waals surface area contributed by atoms with Gasteiger partial charge in [-0.05, 0) is 13.0 Å². The second-order valence-electron chi connectivity index (χ2n) is 4.45. The van der Waals surface area contributed by atoms with Gasteiger partial charge in [0.1, 0.15) is 12.1 Å². The van der Waals surface area contributed by atoms with Crippen molar-refractivity contribution in [3.63, 3.8) is 0 Å². The van der Waals surface area contributed by atoms with Crippen LogP contribution in [-0.4, -0.2) is 38.0 Å². The fourth-order valence-electron chi connectivity index (χ4n) is 1.41. The summed E-state index contributed by atoms with van der Waals surface area (Å²) in [6.45, 7) is 3.14. The molecule has 8 nitrogen and oxygen atoms in total. The van der Waals surface area contributed by atoms with E-state index >= 15 is 0 Å². The molecule has 1 rings (SSSR count). The second-order valence-corrected chi connectivity index (χ2v) is 5.67. The summed E-state index contributed by atoms with van der Waals surface area (Å²) in [7, 11) is 0. The van der Waals surface area contributed by atoms with E-state index in [9.17, 15) is 0 Å². The molecule has 1 aromatic carbocycles. The highest BCUT2D eigenvalue weighted by atomic mass is 35.5. The van der Waals surface area contributed by atoms with Crippen LogP contribution in [0.15, 0.2) is 27.1 Å². The number of hydroxylamine groups is 1. The molecular formula is C14H19Cl3N6O2. The average Bonchev–Trinajstić information content (AvgIpc) is 2.55. The highest BCUT2D eigenvalue weighted by molar-refractivity contribution is 6.43. The first-order valence-electron chi connectivity index (χ1n) is 7.25. The molecule has 0 heterocycles. The Kier molecular flexibility index (Phi) is 10.0. The smallest absolute Gasteiger partial charge is 0.224 e. The van der Waals surface area contributed by atoms with Crippen molar-refractivity contribution >= 4 is 53.1 Å². The molecule has 0 spiro atoms. The summed E-state index contributed by atoms with van der Waals surface area (Å²) in [4.78, 5) is 16.5. The Balaban J connectivity index is 2.27. The first-order valence-corrected chi connectivity index (χ1v) is 8.38. The Morgan fingerprint density at radius 2 is 1.88 bits per heavy atom.